The molecule has 0 heterocycles. The molecule has 4 aromatic rings. The maximum Gasteiger partial charge on any atom is 0.126 e. The zero-order valence-corrected chi connectivity index (χ0v) is 23.7. The molecule has 2 heteroatoms. The molecule has 0 aliphatic rings. The summed E-state index contributed by atoms with van der Waals surface area (Å²) >= 11 is 0. The Hall–Kier alpha value is -3.26. The van der Waals surface area contributed by atoms with E-state index in [0.717, 1.165) is 11.1 Å². The van der Waals surface area contributed by atoms with Gasteiger partial charge in [-0.3, -0.25) is 0 Å². The first-order valence-corrected chi connectivity index (χ1v) is 12.3. The van der Waals surface area contributed by atoms with Crippen LogP contribution in [0.25, 0.3) is 0 Å². The van der Waals surface area contributed by atoms with Crippen molar-refractivity contribution < 1.29 is 8.78 Å². The van der Waals surface area contributed by atoms with Crippen molar-refractivity contribution >= 4 is 0 Å². The molecule has 0 fully saturated rings. The van der Waals surface area contributed by atoms with Gasteiger partial charge in [0.2, 0.25) is 0 Å². The Morgan fingerprint density at radius 2 is 0.583 bits per heavy atom. The summed E-state index contributed by atoms with van der Waals surface area (Å²) in [4.78, 5) is 0. The Morgan fingerprint density at radius 1 is 0.333 bits per heavy atom. The van der Waals surface area contributed by atoms with Crippen LogP contribution in [0.1, 0.15) is 55.6 Å². The summed E-state index contributed by atoms with van der Waals surface area (Å²) in [5.41, 5.74) is 11.7. The zero-order valence-electron chi connectivity index (χ0n) is 23.7. The fourth-order valence-electron chi connectivity index (χ4n) is 3.12. The number of hydrogen-bond donors (Lipinski definition) is 0. The van der Waals surface area contributed by atoms with E-state index in [-0.39, 0.29) is 11.6 Å². The number of rotatable bonds is 0. The van der Waals surface area contributed by atoms with Crippen LogP contribution < -0.4 is 0 Å². The summed E-state index contributed by atoms with van der Waals surface area (Å²) in [5, 5.41) is 0. The number of aryl methyl sites for hydroxylation is 8. The second-order valence-electron chi connectivity index (χ2n) is 9.61. The molecule has 0 aromatic heterocycles. The lowest BCUT2D eigenvalue weighted by atomic mass is 10.0. The minimum absolute atomic E-state index is 0.116. The van der Waals surface area contributed by atoms with E-state index in [2.05, 4.69) is 77.9 Å². The molecule has 0 spiro atoms. The number of hydrogen-bond acceptors (Lipinski definition) is 0. The predicted octanol–water partition coefficient (Wildman–Crippen LogP) is 10.1. The smallest absolute Gasteiger partial charge is 0.126 e. The minimum atomic E-state index is -0.116. The summed E-state index contributed by atoms with van der Waals surface area (Å²) < 4.78 is 25.2. The predicted molar refractivity (Wildman–Crippen MR) is 153 cm³/mol. The van der Waals surface area contributed by atoms with Crippen LogP contribution in [0.5, 0.6) is 0 Å². The van der Waals surface area contributed by atoms with Crippen LogP contribution in [0.3, 0.4) is 0 Å². The van der Waals surface area contributed by atoms with Crippen molar-refractivity contribution in [2.24, 2.45) is 0 Å². The van der Waals surface area contributed by atoms with E-state index in [4.69, 9.17) is 0 Å². The summed E-state index contributed by atoms with van der Waals surface area (Å²) in [6.07, 6.45) is 0. The highest BCUT2D eigenvalue weighted by Gasteiger charge is 1.97. The van der Waals surface area contributed by atoms with Crippen LogP contribution >= 0.6 is 0 Å². The van der Waals surface area contributed by atoms with Gasteiger partial charge in [0.15, 0.2) is 0 Å². The van der Waals surface area contributed by atoms with Crippen molar-refractivity contribution in [3.63, 3.8) is 0 Å². The third kappa shape index (κ3) is 11.0. The van der Waals surface area contributed by atoms with Gasteiger partial charge >= 0.3 is 0 Å². The molecule has 0 amide bonds. The molecular formula is C34H42F2. The topological polar surface area (TPSA) is 0 Å². The lowest BCUT2D eigenvalue weighted by Crippen LogP contribution is -1.88. The fraction of sp³-hybridized carbons (Fsp3) is 0.294. The van der Waals surface area contributed by atoms with Gasteiger partial charge in [0.25, 0.3) is 0 Å². The van der Waals surface area contributed by atoms with Crippen molar-refractivity contribution in [2.45, 2.75) is 69.2 Å². The van der Waals surface area contributed by atoms with Crippen LogP contribution in [0, 0.1) is 80.9 Å². The van der Waals surface area contributed by atoms with Crippen LogP contribution in [-0.4, -0.2) is 0 Å². The molecule has 0 saturated carbocycles. The summed E-state index contributed by atoms with van der Waals surface area (Å²) in [6.45, 7) is 20.1. The molecule has 0 unspecified atom stereocenters. The molecule has 0 aliphatic heterocycles. The molecule has 4 aromatic carbocycles. The molecule has 0 N–H and O–H groups in total. The van der Waals surface area contributed by atoms with Gasteiger partial charge < -0.3 is 0 Å². The second-order valence-corrected chi connectivity index (χ2v) is 9.61. The largest absolute Gasteiger partial charge is 0.207 e. The lowest BCUT2D eigenvalue weighted by molar-refractivity contribution is 0.617. The standard InChI is InChI=1S/C10H14.2C8H9F.C8H10/c1-7-5-6-8(2)10(4)9(7)3;2*1-6-3-4-7(2)8(9)5-6;1-7-3-5-8(2)6-4-7/h5-6H,1-4H3;2*3-5H,1-2H3;3-6H,1-2H3. The van der Waals surface area contributed by atoms with Crippen molar-refractivity contribution in [3.8, 4) is 0 Å². The highest BCUT2D eigenvalue weighted by molar-refractivity contribution is 5.37. The van der Waals surface area contributed by atoms with Crippen LogP contribution in [0.15, 0.2) is 72.8 Å². The van der Waals surface area contributed by atoms with E-state index in [0.29, 0.717) is 11.1 Å². The molecular weight excluding hydrogens is 446 g/mol. The Labute approximate surface area is 218 Å². The van der Waals surface area contributed by atoms with Gasteiger partial charge in [-0.1, -0.05) is 71.8 Å². The average Bonchev–Trinajstić information content (AvgIpc) is 2.83. The van der Waals surface area contributed by atoms with Crippen molar-refractivity contribution in [1.82, 2.24) is 0 Å². The van der Waals surface area contributed by atoms with Gasteiger partial charge in [-0.05, 0) is 126 Å². The maximum atomic E-state index is 12.6. The van der Waals surface area contributed by atoms with Crippen molar-refractivity contribution in [1.29, 1.82) is 0 Å². The van der Waals surface area contributed by atoms with E-state index in [1.807, 2.05) is 26.0 Å². The van der Waals surface area contributed by atoms with E-state index in [9.17, 15) is 8.78 Å². The summed E-state index contributed by atoms with van der Waals surface area (Å²) in [7, 11) is 0. The van der Waals surface area contributed by atoms with Crippen LogP contribution in [-0.2, 0) is 0 Å². The first-order valence-electron chi connectivity index (χ1n) is 12.3. The van der Waals surface area contributed by atoms with E-state index in [1.54, 1.807) is 26.0 Å². The average molecular weight is 489 g/mol. The van der Waals surface area contributed by atoms with Crippen molar-refractivity contribution in [2.75, 3.05) is 0 Å². The molecule has 0 aliphatic carbocycles. The third-order valence-electron chi connectivity index (χ3n) is 6.20. The Morgan fingerprint density at radius 3 is 0.833 bits per heavy atom. The third-order valence-corrected chi connectivity index (χ3v) is 6.20. The quantitative estimate of drug-likeness (QED) is 0.231. The molecule has 0 radical (unpaired) electrons. The first kappa shape index (κ1) is 30.8. The fourth-order valence-corrected chi connectivity index (χ4v) is 3.12. The summed E-state index contributed by atoms with van der Waals surface area (Å²) in [5.74, 6) is -0.231. The maximum absolute atomic E-state index is 12.6. The number of halogens is 2. The minimum Gasteiger partial charge on any atom is -0.207 e. The van der Waals surface area contributed by atoms with Crippen molar-refractivity contribution in [3.05, 3.63) is 140 Å². The van der Waals surface area contributed by atoms with Gasteiger partial charge in [-0.25, -0.2) is 8.78 Å². The SMILES string of the molecule is Cc1ccc(C)c(C)c1C.Cc1ccc(C)c(F)c1.Cc1ccc(C)c(F)c1.Cc1ccc(C)cc1. The monoisotopic (exact) mass is 488 g/mol. The van der Waals surface area contributed by atoms with Gasteiger partial charge in [-0.2, -0.15) is 0 Å². The second kappa shape index (κ2) is 15.0. The molecule has 0 atom stereocenters. The molecule has 0 bridgehead atoms. The van der Waals surface area contributed by atoms with Gasteiger partial charge in [-0.15, -0.1) is 0 Å². The van der Waals surface area contributed by atoms with E-state index in [1.165, 1.54) is 45.5 Å². The van der Waals surface area contributed by atoms with Crippen LogP contribution in [0.4, 0.5) is 8.78 Å². The first-order chi connectivity index (χ1) is 16.8. The molecule has 36 heavy (non-hydrogen) atoms. The Balaban J connectivity index is 0.000000241. The van der Waals surface area contributed by atoms with Gasteiger partial charge in [0.1, 0.15) is 11.6 Å². The highest BCUT2D eigenvalue weighted by atomic mass is 19.1. The van der Waals surface area contributed by atoms with Gasteiger partial charge in [0, 0.05) is 0 Å². The molecule has 4 rings (SSSR count). The lowest BCUT2D eigenvalue weighted by Gasteiger charge is -2.06. The molecule has 0 nitrogen and oxygen atoms in total. The van der Waals surface area contributed by atoms with Gasteiger partial charge in [0.05, 0.1) is 0 Å². The summed E-state index contributed by atoms with van der Waals surface area (Å²) in [6, 6.07) is 23.3. The molecule has 0 saturated heterocycles. The normalized spacial score (nSPS) is 9.67. The Bertz CT molecular complexity index is 1140. The van der Waals surface area contributed by atoms with E-state index >= 15 is 0 Å². The molecule has 192 valence electrons. The van der Waals surface area contributed by atoms with E-state index < -0.39 is 0 Å². The van der Waals surface area contributed by atoms with Crippen LogP contribution in [0.2, 0.25) is 0 Å². The Kier molecular flexibility index (Phi) is 12.8. The highest BCUT2D eigenvalue weighted by Crippen LogP contribution is 2.15. The zero-order chi connectivity index (χ0) is 27.4. The number of benzene rings is 4.